The van der Waals surface area contributed by atoms with E-state index in [0.29, 0.717) is 5.92 Å². The number of benzene rings is 1. The summed E-state index contributed by atoms with van der Waals surface area (Å²) in [7, 11) is 1.77. The fourth-order valence-corrected chi connectivity index (χ4v) is 2.71. The van der Waals surface area contributed by atoms with Gasteiger partial charge in [0.25, 0.3) is 0 Å². The number of halogens is 1. The second-order valence-electron chi connectivity index (χ2n) is 6.97. The van der Waals surface area contributed by atoms with Crippen molar-refractivity contribution in [2.24, 2.45) is 10.9 Å². The summed E-state index contributed by atoms with van der Waals surface area (Å²) < 4.78 is 19.0. The zero-order valence-electron chi connectivity index (χ0n) is 15.1. The molecule has 0 radical (unpaired) electrons. The molecule has 2 rings (SSSR count). The van der Waals surface area contributed by atoms with E-state index in [1.165, 1.54) is 6.07 Å². The maximum absolute atomic E-state index is 13.4. The first-order valence-corrected chi connectivity index (χ1v) is 8.84. The van der Waals surface area contributed by atoms with E-state index in [-0.39, 0.29) is 11.2 Å². The molecule has 134 valence electrons. The van der Waals surface area contributed by atoms with E-state index in [4.69, 9.17) is 4.74 Å². The predicted molar refractivity (Wildman–Crippen MR) is 97.0 cm³/mol. The summed E-state index contributed by atoms with van der Waals surface area (Å²) in [6.07, 6.45) is 3.12. The summed E-state index contributed by atoms with van der Waals surface area (Å²) in [6.45, 7) is 7.47. The molecule has 0 spiro atoms. The van der Waals surface area contributed by atoms with Gasteiger partial charge in [-0.25, -0.2) is 4.39 Å². The van der Waals surface area contributed by atoms with E-state index >= 15 is 0 Å². The Kier molecular flexibility index (Phi) is 7.03. The van der Waals surface area contributed by atoms with Crippen molar-refractivity contribution in [2.75, 3.05) is 33.4 Å². The average molecular weight is 335 g/mol. The highest BCUT2D eigenvalue weighted by Crippen LogP contribution is 2.47. The van der Waals surface area contributed by atoms with Crippen molar-refractivity contribution < 1.29 is 9.13 Å². The molecule has 24 heavy (non-hydrogen) atoms. The number of rotatable bonds is 9. The van der Waals surface area contributed by atoms with Crippen molar-refractivity contribution in [3.63, 3.8) is 0 Å². The molecule has 1 aromatic carbocycles. The first-order valence-electron chi connectivity index (χ1n) is 8.84. The molecular weight excluding hydrogens is 305 g/mol. The molecule has 1 aromatic rings. The van der Waals surface area contributed by atoms with Crippen LogP contribution in [-0.4, -0.2) is 39.3 Å². The molecule has 0 heterocycles. The Labute approximate surface area is 144 Å². The van der Waals surface area contributed by atoms with Crippen LogP contribution in [0.25, 0.3) is 0 Å². The summed E-state index contributed by atoms with van der Waals surface area (Å²) in [6, 6.07) is 6.95. The van der Waals surface area contributed by atoms with E-state index in [1.54, 1.807) is 19.2 Å². The molecule has 2 N–H and O–H groups in total. The first-order chi connectivity index (χ1) is 11.6. The second-order valence-corrected chi connectivity index (χ2v) is 6.97. The highest BCUT2D eigenvalue weighted by atomic mass is 19.1. The zero-order valence-corrected chi connectivity index (χ0v) is 15.1. The lowest BCUT2D eigenvalue weighted by atomic mass is 9.96. The molecule has 0 bridgehead atoms. The quantitative estimate of drug-likeness (QED) is 0.414. The number of nitrogens with zero attached hydrogens (tertiary/aromatic N) is 1. The molecule has 1 aliphatic carbocycles. The molecule has 5 heteroatoms. The van der Waals surface area contributed by atoms with Gasteiger partial charge in [0.2, 0.25) is 0 Å². The summed E-state index contributed by atoms with van der Waals surface area (Å²) in [4.78, 5) is 4.26. The molecule has 1 fully saturated rings. The van der Waals surface area contributed by atoms with Gasteiger partial charge in [-0.2, -0.15) is 0 Å². The smallest absolute Gasteiger partial charge is 0.191 e. The van der Waals surface area contributed by atoms with E-state index in [9.17, 15) is 4.39 Å². The van der Waals surface area contributed by atoms with Crippen LogP contribution >= 0.6 is 0 Å². The molecule has 0 atom stereocenters. The van der Waals surface area contributed by atoms with Crippen molar-refractivity contribution in [3.8, 4) is 0 Å². The third-order valence-corrected chi connectivity index (χ3v) is 4.32. The Morgan fingerprint density at radius 3 is 2.75 bits per heavy atom. The number of nitrogens with one attached hydrogen (secondary N) is 2. The van der Waals surface area contributed by atoms with E-state index in [0.717, 1.165) is 57.1 Å². The maximum Gasteiger partial charge on any atom is 0.191 e. The van der Waals surface area contributed by atoms with Gasteiger partial charge >= 0.3 is 0 Å². The monoisotopic (exact) mass is 335 g/mol. The van der Waals surface area contributed by atoms with Crippen molar-refractivity contribution in [1.82, 2.24) is 10.6 Å². The SMILES string of the molecule is CN=C(NCCCOCC(C)C)NCC1(c2cccc(F)c2)CC1. The van der Waals surface area contributed by atoms with Gasteiger partial charge in [-0.15, -0.1) is 0 Å². The Balaban J connectivity index is 1.70. The van der Waals surface area contributed by atoms with Crippen molar-refractivity contribution in [3.05, 3.63) is 35.6 Å². The van der Waals surface area contributed by atoms with Crippen LogP contribution in [0.4, 0.5) is 4.39 Å². The van der Waals surface area contributed by atoms with Crippen LogP contribution < -0.4 is 10.6 Å². The molecule has 0 unspecified atom stereocenters. The highest BCUT2D eigenvalue weighted by molar-refractivity contribution is 5.79. The van der Waals surface area contributed by atoms with Crippen LogP contribution in [0.1, 0.15) is 38.7 Å². The third kappa shape index (κ3) is 5.78. The number of ether oxygens (including phenoxy) is 1. The number of hydrogen-bond acceptors (Lipinski definition) is 2. The van der Waals surface area contributed by atoms with Gasteiger partial charge in [-0.1, -0.05) is 26.0 Å². The lowest BCUT2D eigenvalue weighted by molar-refractivity contribution is 0.108. The molecular formula is C19H30FN3O. The summed E-state index contributed by atoms with van der Waals surface area (Å²) in [5, 5.41) is 6.68. The normalized spacial score (nSPS) is 16.3. The maximum atomic E-state index is 13.4. The van der Waals surface area contributed by atoms with Crippen molar-refractivity contribution >= 4 is 5.96 Å². The van der Waals surface area contributed by atoms with Crippen LogP contribution in [0.3, 0.4) is 0 Å². The van der Waals surface area contributed by atoms with Crippen LogP contribution in [0.2, 0.25) is 0 Å². The largest absolute Gasteiger partial charge is 0.381 e. The van der Waals surface area contributed by atoms with Crippen molar-refractivity contribution in [1.29, 1.82) is 0 Å². The standard InChI is InChI=1S/C19H30FN3O/c1-15(2)13-24-11-5-10-22-18(21-3)23-14-19(8-9-19)16-6-4-7-17(20)12-16/h4,6-7,12,15H,5,8-11,13-14H2,1-3H3,(H2,21,22,23). The minimum atomic E-state index is -0.164. The van der Waals surface area contributed by atoms with Gasteiger partial charge in [0.15, 0.2) is 5.96 Å². The predicted octanol–water partition coefficient (Wildman–Crippen LogP) is 3.09. The number of aliphatic imine (C=N–C) groups is 1. The van der Waals surface area contributed by atoms with Crippen molar-refractivity contribution in [2.45, 2.75) is 38.5 Å². The Bertz CT molecular complexity index is 541. The van der Waals surface area contributed by atoms with Gasteiger partial charge in [0.05, 0.1) is 0 Å². The minimum Gasteiger partial charge on any atom is -0.381 e. The molecule has 0 amide bonds. The summed E-state index contributed by atoms with van der Waals surface area (Å²) in [5.74, 6) is 1.20. The lowest BCUT2D eigenvalue weighted by Gasteiger charge is -2.19. The minimum absolute atomic E-state index is 0.0557. The van der Waals surface area contributed by atoms with Crippen LogP contribution in [0.5, 0.6) is 0 Å². The lowest BCUT2D eigenvalue weighted by Crippen LogP contribution is -2.41. The first kappa shape index (κ1) is 18.7. The molecule has 1 aliphatic rings. The van der Waals surface area contributed by atoms with E-state index < -0.39 is 0 Å². The third-order valence-electron chi connectivity index (χ3n) is 4.32. The van der Waals surface area contributed by atoms with Gasteiger partial charge in [-0.05, 0) is 42.9 Å². The van der Waals surface area contributed by atoms with E-state index in [1.807, 2.05) is 6.07 Å². The molecule has 0 aliphatic heterocycles. The zero-order chi connectivity index (χ0) is 17.4. The molecule has 4 nitrogen and oxygen atoms in total. The Morgan fingerprint density at radius 2 is 2.12 bits per heavy atom. The topological polar surface area (TPSA) is 45.7 Å². The summed E-state index contributed by atoms with van der Waals surface area (Å²) in [5.41, 5.74) is 1.13. The Hall–Kier alpha value is -1.62. The van der Waals surface area contributed by atoms with Gasteiger partial charge in [0, 0.05) is 38.8 Å². The average Bonchev–Trinajstić information content (AvgIpc) is 3.34. The number of hydrogen-bond donors (Lipinski definition) is 2. The van der Waals surface area contributed by atoms with E-state index in [2.05, 4.69) is 29.5 Å². The number of guanidine groups is 1. The van der Waals surface area contributed by atoms with Gasteiger partial charge in [0.1, 0.15) is 5.82 Å². The van der Waals surface area contributed by atoms with Gasteiger partial charge < -0.3 is 15.4 Å². The fraction of sp³-hybridized carbons (Fsp3) is 0.632. The highest BCUT2D eigenvalue weighted by Gasteiger charge is 2.44. The molecule has 1 saturated carbocycles. The van der Waals surface area contributed by atoms with Crippen LogP contribution in [0, 0.1) is 11.7 Å². The fourth-order valence-electron chi connectivity index (χ4n) is 2.71. The van der Waals surface area contributed by atoms with Gasteiger partial charge in [-0.3, -0.25) is 4.99 Å². The molecule has 0 aromatic heterocycles. The van der Waals surface area contributed by atoms with Crippen LogP contribution in [-0.2, 0) is 10.2 Å². The second kappa shape index (κ2) is 9.02. The Morgan fingerprint density at radius 1 is 1.33 bits per heavy atom. The van der Waals surface area contributed by atoms with Crippen LogP contribution in [0.15, 0.2) is 29.3 Å². The molecule has 0 saturated heterocycles. The summed E-state index contributed by atoms with van der Waals surface area (Å²) >= 11 is 0.